The predicted molar refractivity (Wildman–Crippen MR) is 66.9 cm³/mol. The van der Waals surface area contributed by atoms with Crippen LogP contribution in [0.4, 0.5) is 0 Å². The van der Waals surface area contributed by atoms with Gasteiger partial charge in [-0.05, 0) is 30.5 Å². The highest BCUT2D eigenvalue weighted by molar-refractivity contribution is 5.34. The molecule has 1 fully saturated rings. The van der Waals surface area contributed by atoms with Crippen LogP contribution in [0.15, 0.2) is 33.9 Å². The van der Waals surface area contributed by atoms with Crippen molar-refractivity contribution in [1.82, 2.24) is 20.1 Å². The zero-order valence-electron chi connectivity index (χ0n) is 9.77. The lowest BCUT2D eigenvalue weighted by molar-refractivity contribution is 0.687. The predicted octanol–water partition coefficient (Wildman–Crippen LogP) is 0.106. The van der Waals surface area contributed by atoms with Gasteiger partial charge in [-0.2, -0.15) is 0 Å². The van der Waals surface area contributed by atoms with Crippen LogP contribution in [0.25, 0.3) is 5.69 Å². The Hall–Kier alpha value is -2.08. The molecule has 6 nitrogen and oxygen atoms in total. The lowest BCUT2D eigenvalue weighted by atomic mass is 10.2. The smallest absolute Gasteiger partial charge is 0.310 e. The van der Waals surface area contributed by atoms with Crippen LogP contribution in [-0.4, -0.2) is 20.8 Å². The summed E-state index contributed by atoms with van der Waals surface area (Å²) in [6, 6.07) is 8.05. The molecule has 6 heteroatoms. The molecule has 1 heterocycles. The van der Waals surface area contributed by atoms with Crippen molar-refractivity contribution in [3.05, 3.63) is 50.8 Å². The standard InChI is InChI=1S/C12H14N4O2/c17-11-14-15-12(18)16(11)10-5-1-8(2-6-10)7-13-9-3-4-9/h1-2,5-6,9,13H,3-4,7H2,(H,14,17)(H,15,18). The number of nitrogens with one attached hydrogen (secondary N) is 3. The van der Waals surface area contributed by atoms with Crippen LogP contribution < -0.4 is 16.7 Å². The zero-order chi connectivity index (χ0) is 12.5. The van der Waals surface area contributed by atoms with E-state index in [1.807, 2.05) is 12.1 Å². The molecular weight excluding hydrogens is 232 g/mol. The molecule has 2 aromatic rings. The van der Waals surface area contributed by atoms with Crippen LogP contribution in [0.1, 0.15) is 18.4 Å². The van der Waals surface area contributed by atoms with Gasteiger partial charge in [-0.3, -0.25) is 0 Å². The second-order valence-electron chi connectivity index (χ2n) is 4.52. The molecule has 1 aromatic carbocycles. The van der Waals surface area contributed by atoms with E-state index in [0.29, 0.717) is 11.7 Å². The molecule has 0 bridgehead atoms. The molecule has 94 valence electrons. The first-order valence-corrected chi connectivity index (χ1v) is 5.96. The number of benzene rings is 1. The van der Waals surface area contributed by atoms with Gasteiger partial charge in [0.15, 0.2) is 0 Å². The third-order valence-electron chi connectivity index (χ3n) is 3.05. The number of H-pyrrole nitrogens is 2. The Balaban J connectivity index is 1.81. The van der Waals surface area contributed by atoms with Gasteiger partial charge >= 0.3 is 11.4 Å². The normalized spacial score (nSPS) is 14.9. The number of rotatable bonds is 4. The minimum absolute atomic E-state index is 0.455. The molecule has 18 heavy (non-hydrogen) atoms. The zero-order valence-corrected chi connectivity index (χ0v) is 9.77. The molecule has 0 spiro atoms. The Morgan fingerprint density at radius 3 is 2.28 bits per heavy atom. The fourth-order valence-corrected chi connectivity index (χ4v) is 1.86. The quantitative estimate of drug-likeness (QED) is 0.716. The third-order valence-corrected chi connectivity index (χ3v) is 3.05. The highest BCUT2D eigenvalue weighted by Gasteiger charge is 2.19. The molecule has 0 radical (unpaired) electrons. The van der Waals surface area contributed by atoms with Crippen molar-refractivity contribution in [2.45, 2.75) is 25.4 Å². The minimum Gasteiger partial charge on any atom is -0.310 e. The summed E-state index contributed by atoms with van der Waals surface area (Å²) in [6.45, 7) is 0.823. The summed E-state index contributed by atoms with van der Waals surface area (Å²) in [7, 11) is 0. The highest BCUT2D eigenvalue weighted by atomic mass is 16.2. The molecule has 1 aliphatic rings. The number of hydrogen-bond donors (Lipinski definition) is 3. The fourth-order valence-electron chi connectivity index (χ4n) is 1.86. The Kier molecular flexibility index (Phi) is 2.64. The summed E-state index contributed by atoms with van der Waals surface area (Å²) >= 11 is 0. The fraction of sp³-hybridized carbons (Fsp3) is 0.333. The monoisotopic (exact) mass is 246 g/mol. The van der Waals surface area contributed by atoms with Gasteiger partial charge in [0, 0.05) is 12.6 Å². The molecule has 1 aliphatic carbocycles. The minimum atomic E-state index is -0.455. The lowest BCUT2D eigenvalue weighted by Gasteiger charge is -2.04. The molecule has 0 aliphatic heterocycles. The van der Waals surface area contributed by atoms with Crippen molar-refractivity contribution < 1.29 is 0 Å². The summed E-state index contributed by atoms with van der Waals surface area (Å²) in [4.78, 5) is 22.8. The van der Waals surface area contributed by atoms with E-state index in [9.17, 15) is 9.59 Å². The van der Waals surface area contributed by atoms with Gasteiger partial charge in [-0.1, -0.05) is 12.1 Å². The van der Waals surface area contributed by atoms with E-state index in [1.54, 1.807) is 12.1 Å². The van der Waals surface area contributed by atoms with E-state index in [0.717, 1.165) is 16.7 Å². The van der Waals surface area contributed by atoms with Crippen LogP contribution >= 0.6 is 0 Å². The van der Waals surface area contributed by atoms with E-state index in [-0.39, 0.29) is 0 Å². The van der Waals surface area contributed by atoms with E-state index in [4.69, 9.17) is 0 Å². The van der Waals surface area contributed by atoms with Crippen molar-refractivity contribution in [2.24, 2.45) is 0 Å². The van der Waals surface area contributed by atoms with Crippen molar-refractivity contribution in [2.75, 3.05) is 0 Å². The third kappa shape index (κ3) is 2.14. The van der Waals surface area contributed by atoms with Crippen molar-refractivity contribution >= 4 is 0 Å². The van der Waals surface area contributed by atoms with E-state index < -0.39 is 11.4 Å². The summed E-state index contributed by atoms with van der Waals surface area (Å²) in [5.74, 6) is 0. The van der Waals surface area contributed by atoms with Crippen LogP contribution in [0, 0.1) is 0 Å². The van der Waals surface area contributed by atoms with Crippen LogP contribution in [0.3, 0.4) is 0 Å². The second kappa shape index (κ2) is 4.30. The van der Waals surface area contributed by atoms with Gasteiger partial charge in [0.05, 0.1) is 5.69 Å². The molecule has 3 rings (SSSR count). The molecule has 0 amide bonds. The summed E-state index contributed by atoms with van der Waals surface area (Å²) in [6.07, 6.45) is 2.51. The van der Waals surface area contributed by atoms with Crippen LogP contribution in [0.5, 0.6) is 0 Å². The Labute approximate surface area is 103 Å². The van der Waals surface area contributed by atoms with Gasteiger partial charge in [0.1, 0.15) is 0 Å². The average Bonchev–Trinajstić information content (AvgIpc) is 3.14. The summed E-state index contributed by atoms with van der Waals surface area (Å²) in [5.41, 5.74) is 0.802. The molecular formula is C12H14N4O2. The maximum Gasteiger partial charge on any atom is 0.348 e. The lowest BCUT2D eigenvalue weighted by Crippen LogP contribution is -2.24. The van der Waals surface area contributed by atoms with E-state index in [2.05, 4.69) is 15.5 Å². The largest absolute Gasteiger partial charge is 0.348 e. The Morgan fingerprint density at radius 1 is 1.11 bits per heavy atom. The van der Waals surface area contributed by atoms with Gasteiger partial charge < -0.3 is 5.32 Å². The molecule has 1 saturated carbocycles. The first-order chi connectivity index (χ1) is 8.74. The van der Waals surface area contributed by atoms with E-state index >= 15 is 0 Å². The molecule has 0 atom stereocenters. The van der Waals surface area contributed by atoms with Crippen molar-refractivity contribution in [3.8, 4) is 5.69 Å². The number of hydrogen-bond acceptors (Lipinski definition) is 3. The highest BCUT2D eigenvalue weighted by Crippen LogP contribution is 2.19. The van der Waals surface area contributed by atoms with Gasteiger partial charge in [0.2, 0.25) is 0 Å². The molecule has 1 aromatic heterocycles. The van der Waals surface area contributed by atoms with Crippen LogP contribution in [0.2, 0.25) is 0 Å². The number of aromatic nitrogens is 3. The molecule has 3 N–H and O–H groups in total. The maximum atomic E-state index is 11.4. The van der Waals surface area contributed by atoms with Crippen LogP contribution in [-0.2, 0) is 6.54 Å². The Morgan fingerprint density at radius 2 is 1.72 bits per heavy atom. The maximum absolute atomic E-state index is 11.4. The number of aromatic amines is 2. The average molecular weight is 246 g/mol. The first kappa shape index (κ1) is 11.0. The second-order valence-corrected chi connectivity index (χ2v) is 4.52. The van der Waals surface area contributed by atoms with Crippen molar-refractivity contribution in [3.63, 3.8) is 0 Å². The molecule has 0 saturated heterocycles. The van der Waals surface area contributed by atoms with E-state index in [1.165, 1.54) is 12.8 Å². The van der Waals surface area contributed by atoms with Gasteiger partial charge in [-0.25, -0.2) is 24.4 Å². The van der Waals surface area contributed by atoms with Gasteiger partial charge in [0.25, 0.3) is 0 Å². The number of nitrogens with zero attached hydrogens (tertiary/aromatic N) is 1. The first-order valence-electron chi connectivity index (χ1n) is 5.96. The SMILES string of the molecule is O=c1[nH][nH]c(=O)n1-c1ccc(CNC2CC2)cc1. The topological polar surface area (TPSA) is 82.7 Å². The van der Waals surface area contributed by atoms with Gasteiger partial charge in [-0.15, -0.1) is 0 Å². The van der Waals surface area contributed by atoms with Crippen molar-refractivity contribution in [1.29, 1.82) is 0 Å². The summed E-state index contributed by atoms with van der Waals surface area (Å²) < 4.78 is 1.07. The Bertz CT molecular complexity index is 618. The molecule has 0 unspecified atom stereocenters. The summed E-state index contributed by atoms with van der Waals surface area (Å²) in [5, 5.41) is 7.92.